The van der Waals surface area contributed by atoms with Gasteiger partial charge in [-0.15, -0.1) is 0 Å². The maximum absolute atomic E-state index is 12.0. The van der Waals surface area contributed by atoms with Crippen LogP contribution < -0.4 is 5.32 Å². The minimum absolute atomic E-state index is 0.0158. The average Bonchev–Trinajstić information content (AvgIpc) is 3.05. The van der Waals surface area contributed by atoms with Crippen molar-refractivity contribution in [2.75, 3.05) is 6.54 Å². The summed E-state index contributed by atoms with van der Waals surface area (Å²) >= 11 is 17.0. The zero-order valence-corrected chi connectivity index (χ0v) is 27.3. The molecule has 236 valence electrons. The number of carbonyl (C=O) groups is 1. The predicted molar refractivity (Wildman–Crippen MR) is 179 cm³/mol. The minimum atomic E-state index is -2.02. The van der Waals surface area contributed by atoms with E-state index < -0.39 is 16.0 Å². The van der Waals surface area contributed by atoms with E-state index in [1.807, 2.05) is 60.7 Å². The van der Waals surface area contributed by atoms with Crippen molar-refractivity contribution in [2.24, 2.45) is 5.92 Å². The molecule has 5 rings (SSSR count). The van der Waals surface area contributed by atoms with Gasteiger partial charge in [-0.1, -0.05) is 151 Å². The van der Waals surface area contributed by atoms with E-state index in [0.29, 0.717) is 6.54 Å². The Morgan fingerprint density at radius 2 is 1.29 bits per heavy atom. The van der Waals surface area contributed by atoms with E-state index in [4.69, 9.17) is 44.3 Å². The van der Waals surface area contributed by atoms with Gasteiger partial charge in [0.15, 0.2) is 6.29 Å². The van der Waals surface area contributed by atoms with Crippen molar-refractivity contribution in [3.05, 3.63) is 143 Å². The Morgan fingerprint density at radius 3 is 1.82 bits per heavy atom. The van der Waals surface area contributed by atoms with Gasteiger partial charge in [-0.25, -0.2) is 0 Å². The van der Waals surface area contributed by atoms with Gasteiger partial charge < -0.3 is 19.9 Å². The summed E-state index contributed by atoms with van der Waals surface area (Å²) in [5.74, 6) is -0.648. The highest BCUT2D eigenvalue weighted by Gasteiger charge is 2.39. The number of hydrogen-bond donors (Lipinski definition) is 2. The molecule has 2 N–H and O–H groups in total. The maximum Gasteiger partial charge on any atom is 0.272 e. The first-order valence-electron chi connectivity index (χ1n) is 14.9. The lowest BCUT2D eigenvalue weighted by atomic mass is 9.89. The third-order valence-electron chi connectivity index (χ3n) is 8.02. The third kappa shape index (κ3) is 9.30. The Kier molecular flexibility index (Phi) is 11.6. The first kappa shape index (κ1) is 33.4. The molecule has 0 spiro atoms. The van der Waals surface area contributed by atoms with Crippen LogP contribution in [0.15, 0.2) is 109 Å². The SMILES string of the molecule is C[C@@H]1[C@H](CN(Cc2ccccc2)Cc2ccccc2)O[C@H](c2ccc(CNC(=O)C(Cl)(Cl)Cl)cc2)O[C@@H]1c1ccc(CO)cc1. The zero-order valence-electron chi connectivity index (χ0n) is 25.0. The molecule has 0 radical (unpaired) electrons. The number of halogens is 3. The quantitative estimate of drug-likeness (QED) is 0.161. The van der Waals surface area contributed by atoms with Gasteiger partial charge in [0, 0.05) is 37.7 Å². The summed E-state index contributed by atoms with van der Waals surface area (Å²) in [5.41, 5.74) is 6.05. The van der Waals surface area contributed by atoms with Crippen LogP contribution in [0.25, 0.3) is 0 Å². The summed E-state index contributed by atoms with van der Waals surface area (Å²) < 4.78 is 11.4. The summed E-state index contributed by atoms with van der Waals surface area (Å²) in [7, 11) is 0. The molecule has 0 bridgehead atoms. The number of alkyl halides is 3. The second-order valence-electron chi connectivity index (χ2n) is 11.4. The molecule has 4 aromatic carbocycles. The highest BCUT2D eigenvalue weighted by atomic mass is 35.6. The van der Waals surface area contributed by atoms with Gasteiger partial charge >= 0.3 is 0 Å². The molecule has 0 saturated carbocycles. The van der Waals surface area contributed by atoms with Crippen molar-refractivity contribution in [3.63, 3.8) is 0 Å². The van der Waals surface area contributed by atoms with Crippen LogP contribution in [-0.4, -0.2) is 32.4 Å². The summed E-state index contributed by atoms with van der Waals surface area (Å²) in [6.45, 7) is 4.61. The predicted octanol–water partition coefficient (Wildman–Crippen LogP) is 7.66. The molecule has 0 aromatic heterocycles. The number of rotatable bonds is 11. The van der Waals surface area contributed by atoms with Crippen LogP contribution in [0.5, 0.6) is 0 Å². The number of amides is 1. The first-order valence-corrected chi connectivity index (χ1v) is 16.1. The smallest absolute Gasteiger partial charge is 0.272 e. The number of nitrogens with one attached hydrogen (secondary N) is 1. The molecular formula is C36H37Cl3N2O4. The Bertz CT molecular complexity index is 1460. The third-order valence-corrected chi connectivity index (χ3v) is 8.54. The molecular weight excluding hydrogens is 631 g/mol. The molecule has 1 fully saturated rings. The fraction of sp³-hybridized carbons (Fsp3) is 0.306. The van der Waals surface area contributed by atoms with E-state index in [1.54, 1.807) is 0 Å². The summed E-state index contributed by atoms with van der Waals surface area (Å²) in [6.07, 6.45) is -1.00. The Morgan fingerprint density at radius 1 is 0.756 bits per heavy atom. The lowest BCUT2D eigenvalue weighted by Crippen LogP contribution is -2.44. The van der Waals surface area contributed by atoms with E-state index in [2.05, 4.69) is 65.7 Å². The number of aliphatic hydroxyl groups excluding tert-OH is 1. The molecule has 1 amide bonds. The van der Waals surface area contributed by atoms with Crippen molar-refractivity contribution in [3.8, 4) is 0 Å². The number of hydrogen-bond acceptors (Lipinski definition) is 5. The van der Waals surface area contributed by atoms with E-state index in [0.717, 1.165) is 35.3 Å². The van der Waals surface area contributed by atoms with Gasteiger partial charge in [0.1, 0.15) is 0 Å². The second kappa shape index (κ2) is 15.6. The Labute approximate surface area is 279 Å². The Balaban J connectivity index is 1.39. The molecule has 45 heavy (non-hydrogen) atoms. The molecule has 9 heteroatoms. The second-order valence-corrected chi connectivity index (χ2v) is 13.7. The average molecular weight is 668 g/mol. The summed E-state index contributed by atoms with van der Waals surface area (Å²) in [5, 5.41) is 12.2. The summed E-state index contributed by atoms with van der Waals surface area (Å²) in [6, 6.07) is 36.5. The van der Waals surface area contributed by atoms with Gasteiger partial charge in [-0.3, -0.25) is 9.69 Å². The van der Waals surface area contributed by atoms with Gasteiger partial charge in [0.05, 0.1) is 18.8 Å². The molecule has 0 unspecified atom stereocenters. The van der Waals surface area contributed by atoms with E-state index in [-0.39, 0.29) is 31.3 Å². The van der Waals surface area contributed by atoms with Crippen LogP contribution in [0.3, 0.4) is 0 Å². The lowest BCUT2D eigenvalue weighted by molar-refractivity contribution is -0.276. The van der Waals surface area contributed by atoms with Gasteiger partial charge in [-0.05, 0) is 27.8 Å². The van der Waals surface area contributed by atoms with Crippen molar-refractivity contribution in [1.29, 1.82) is 0 Å². The van der Waals surface area contributed by atoms with Crippen LogP contribution in [0, 0.1) is 5.92 Å². The fourth-order valence-electron chi connectivity index (χ4n) is 5.53. The number of nitrogens with zero attached hydrogens (tertiary/aromatic N) is 1. The number of benzene rings is 4. The van der Waals surface area contributed by atoms with E-state index in [9.17, 15) is 9.90 Å². The van der Waals surface area contributed by atoms with Crippen LogP contribution >= 0.6 is 34.8 Å². The lowest BCUT2D eigenvalue weighted by Gasteiger charge is -2.43. The van der Waals surface area contributed by atoms with E-state index >= 15 is 0 Å². The Hall–Kier alpha value is -2.94. The molecule has 1 saturated heterocycles. The number of carbonyl (C=O) groups excluding carboxylic acids is 1. The van der Waals surface area contributed by atoms with Gasteiger partial charge in [0.2, 0.25) is 0 Å². The normalized spacial score (nSPS) is 20.2. The molecule has 1 heterocycles. The van der Waals surface area contributed by atoms with Crippen LogP contribution in [0.2, 0.25) is 0 Å². The van der Waals surface area contributed by atoms with Crippen LogP contribution in [0.1, 0.15) is 52.7 Å². The molecule has 1 aliphatic heterocycles. The van der Waals surface area contributed by atoms with Crippen LogP contribution in [0.4, 0.5) is 0 Å². The molecule has 6 nitrogen and oxygen atoms in total. The molecule has 4 aromatic rings. The number of aliphatic hydroxyl groups is 1. The fourth-order valence-corrected chi connectivity index (χ4v) is 5.73. The molecule has 0 aliphatic carbocycles. The topological polar surface area (TPSA) is 71.0 Å². The molecule has 1 aliphatic rings. The van der Waals surface area contributed by atoms with Crippen molar-refractivity contribution < 1.29 is 19.4 Å². The monoisotopic (exact) mass is 666 g/mol. The van der Waals surface area contributed by atoms with Crippen molar-refractivity contribution in [1.82, 2.24) is 10.2 Å². The molecule has 4 atom stereocenters. The van der Waals surface area contributed by atoms with E-state index in [1.165, 1.54) is 11.1 Å². The zero-order chi connectivity index (χ0) is 31.8. The highest BCUT2D eigenvalue weighted by molar-refractivity contribution is 6.76. The maximum atomic E-state index is 12.0. The highest BCUT2D eigenvalue weighted by Crippen LogP contribution is 2.42. The van der Waals surface area contributed by atoms with Gasteiger partial charge in [0.25, 0.3) is 9.70 Å². The van der Waals surface area contributed by atoms with Crippen molar-refractivity contribution in [2.45, 2.75) is 55.5 Å². The summed E-state index contributed by atoms with van der Waals surface area (Å²) in [4.78, 5) is 14.4. The first-order chi connectivity index (χ1) is 21.7. The van der Waals surface area contributed by atoms with Gasteiger partial charge in [-0.2, -0.15) is 0 Å². The van der Waals surface area contributed by atoms with Crippen molar-refractivity contribution >= 4 is 40.7 Å². The number of ether oxygens (including phenoxy) is 2. The largest absolute Gasteiger partial charge is 0.392 e. The standard InChI is InChI=1S/C36H37Cl3N2O4/c1-25-32(23-41(21-27-8-4-2-5-9-27)22-28-10-6-3-7-11-28)44-34(45-33(25)30-16-14-29(24-42)15-17-30)31-18-12-26(13-19-31)20-40-35(43)36(37,38)39/h2-19,25,32-34,42H,20-24H2,1H3,(H,40,43)/t25-,32+,33+,34+/m1/s1. The van der Waals surface area contributed by atoms with Crippen LogP contribution in [-0.2, 0) is 40.5 Å². The minimum Gasteiger partial charge on any atom is -0.392 e.